The molecule has 3 aromatic rings. The maximum Gasteiger partial charge on any atom is 0.258 e. The molecule has 0 radical (unpaired) electrons. The number of H-pyrrole nitrogens is 1. The molecule has 0 unspecified atom stereocenters. The van der Waals surface area contributed by atoms with Crippen molar-refractivity contribution in [2.75, 3.05) is 13.2 Å². The van der Waals surface area contributed by atoms with E-state index in [1.165, 1.54) is 0 Å². The summed E-state index contributed by atoms with van der Waals surface area (Å²) < 4.78 is 5.73. The number of rotatable bonds is 9. The minimum Gasteiger partial charge on any atom is -0.494 e. The molecule has 1 heterocycles. The maximum absolute atomic E-state index is 13.1. The molecule has 31 heavy (non-hydrogen) atoms. The van der Waals surface area contributed by atoms with Gasteiger partial charge in [-0.05, 0) is 61.2 Å². The summed E-state index contributed by atoms with van der Waals surface area (Å²) in [6.45, 7) is 7.71. The van der Waals surface area contributed by atoms with Crippen molar-refractivity contribution in [1.82, 2.24) is 14.9 Å². The molecule has 3 rings (SSSR count). The predicted octanol–water partition coefficient (Wildman–Crippen LogP) is 5.05. The molecule has 0 aliphatic carbocycles. The fourth-order valence-electron chi connectivity index (χ4n) is 3.23. The van der Waals surface area contributed by atoms with E-state index in [2.05, 4.69) is 23.8 Å². The van der Waals surface area contributed by atoms with Crippen molar-refractivity contribution in [2.45, 2.75) is 40.2 Å². The summed E-state index contributed by atoms with van der Waals surface area (Å²) in [4.78, 5) is 34.5. The molecule has 1 amide bonds. The highest BCUT2D eigenvalue weighted by atomic mass is 35.5. The van der Waals surface area contributed by atoms with E-state index in [1.807, 2.05) is 19.1 Å². The molecule has 0 spiro atoms. The summed E-state index contributed by atoms with van der Waals surface area (Å²) in [5.41, 5.74) is 0.831. The molecule has 2 aromatic carbocycles. The fraction of sp³-hybridized carbons (Fsp3) is 0.375. The van der Waals surface area contributed by atoms with Crippen LogP contribution in [0.15, 0.2) is 47.3 Å². The van der Waals surface area contributed by atoms with Gasteiger partial charge in [-0.2, -0.15) is 0 Å². The highest BCUT2D eigenvalue weighted by Crippen LogP contribution is 2.17. The van der Waals surface area contributed by atoms with Gasteiger partial charge >= 0.3 is 0 Å². The second-order valence-corrected chi connectivity index (χ2v) is 8.39. The lowest BCUT2D eigenvalue weighted by Crippen LogP contribution is -2.32. The molecule has 7 heteroatoms. The van der Waals surface area contributed by atoms with Crippen molar-refractivity contribution >= 4 is 28.4 Å². The highest BCUT2D eigenvalue weighted by molar-refractivity contribution is 6.31. The molecule has 0 bridgehead atoms. The molecule has 164 valence electrons. The number of halogens is 1. The lowest BCUT2D eigenvalue weighted by molar-refractivity contribution is 0.0739. The number of hydrogen-bond acceptors (Lipinski definition) is 4. The second-order valence-electron chi connectivity index (χ2n) is 7.96. The fourth-order valence-corrected chi connectivity index (χ4v) is 3.39. The van der Waals surface area contributed by atoms with Crippen molar-refractivity contribution in [1.29, 1.82) is 0 Å². The van der Waals surface area contributed by atoms with Crippen molar-refractivity contribution in [3.8, 4) is 5.75 Å². The first-order valence-electron chi connectivity index (χ1n) is 10.6. The Hall–Kier alpha value is -2.86. The molecular formula is C24H28ClN3O3. The minimum atomic E-state index is -0.247. The average Bonchev–Trinajstić information content (AvgIpc) is 2.73. The van der Waals surface area contributed by atoms with E-state index in [4.69, 9.17) is 16.3 Å². The number of benzene rings is 2. The van der Waals surface area contributed by atoms with Crippen LogP contribution in [-0.2, 0) is 6.54 Å². The van der Waals surface area contributed by atoms with E-state index in [0.717, 1.165) is 18.6 Å². The molecular weight excluding hydrogens is 414 g/mol. The standard InChI is InChI=1S/C24H28ClN3O3/c1-4-12-28(15-22-26-21-14-18(25)7-10-20(21)23(29)27-22)24(30)17-5-8-19(9-6-17)31-13-11-16(2)3/h5-10,14,16H,4,11-13,15H2,1-3H3,(H,26,27,29). The van der Waals surface area contributed by atoms with Crippen LogP contribution in [0.4, 0.5) is 0 Å². The first kappa shape index (κ1) is 22.8. The highest BCUT2D eigenvalue weighted by Gasteiger charge is 2.17. The molecule has 0 saturated carbocycles. The predicted molar refractivity (Wildman–Crippen MR) is 124 cm³/mol. The molecule has 6 nitrogen and oxygen atoms in total. The zero-order valence-electron chi connectivity index (χ0n) is 18.2. The molecule has 0 atom stereocenters. The average molecular weight is 442 g/mol. The third kappa shape index (κ3) is 6.07. The Balaban J connectivity index is 1.76. The van der Waals surface area contributed by atoms with Gasteiger partial charge in [0, 0.05) is 17.1 Å². The lowest BCUT2D eigenvalue weighted by atomic mass is 10.1. The Labute approximate surface area is 187 Å². The summed E-state index contributed by atoms with van der Waals surface area (Å²) in [7, 11) is 0. The van der Waals surface area contributed by atoms with Gasteiger partial charge in [-0.15, -0.1) is 0 Å². The summed E-state index contributed by atoms with van der Waals surface area (Å²) in [5, 5.41) is 0.975. The molecule has 0 aliphatic heterocycles. The third-order valence-corrected chi connectivity index (χ3v) is 5.14. The van der Waals surface area contributed by atoms with Gasteiger partial charge in [-0.1, -0.05) is 32.4 Å². The number of aromatic nitrogens is 2. The number of hydrogen-bond donors (Lipinski definition) is 1. The van der Waals surface area contributed by atoms with Crippen LogP contribution in [-0.4, -0.2) is 33.9 Å². The third-order valence-electron chi connectivity index (χ3n) is 4.90. The van der Waals surface area contributed by atoms with Crippen LogP contribution in [0.2, 0.25) is 5.02 Å². The first-order chi connectivity index (χ1) is 14.9. The van der Waals surface area contributed by atoms with Gasteiger partial charge in [0.15, 0.2) is 0 Å². The number of aromatic amines is 1. The number of carbonyl (C=O) groups excluding carboxylic acids is 1. The zero-order chi connectivity index (χ0) is 22.4. The minimum absolute atomic E-state index is 0.121. The number of nitrogens with one attached hydrogen (secondary N) is 1. The van der Waals surface area contributed by atoms with Gasteiger partial charge in [0.25, 0.3) is 11.5 Å². The quantitative estimate of drug-likeness (QED) is 0.504. The van der Waals surface area contributed by atoms with Gasteiger partial charge < -0.3 is 14.6 Å². The SMILES string of the molecule is CCCN(Cc1nc2cc(Cl)ccc2c(=O)[nH]1)C(=O)c1ccc(OCCC(C)C)cc1. The Kier molecular flexibility index (Phi) is 7.69. The topological polar surface area (TPSA) is 75.3 Å². The molecule has 1 N–H and O–H groups in total. The number of fused-ring (bicyclic) bond motifs is 1. The number of carbonyl (C=O) groups is 1. The monoisotopic (exact) mass is 441 g/mol. The van der Waals surface area contributed by atoms with Gasteiger partial charge in [-0.3, -0.25) is 9.59 Å². The normalized spacial score (nSPS) is 11.1. The van der Waals surface area contributed by atoms with E-state index < -0.39 is 0 Å². The summed E-state index contributed by atoms with van der Waals surface area (Å²) in [6, 6.07) is 12.1. The molecule has 0 saturated heterocycles. The van der Waals surface area contributed by atoms with Crippen LogP contribution in [0, 0.1) is 5.92 Å². The number of amides is 1. The lowest BCUT2D eigenvalue weighted by Gasteiger charge is -2.22. The number of ether oxygens (including phenoxy) is 1. The second kappa shape index (κ2) is 10.4. The van der Waals surface area contributed by atoms with Gasteiger partial charge in [-0.25, -0.2) is 4.98 Å². The van der Waals surface area contributed by atoms with Crippen LogP contribution in [0.25, 0.3) is 10.9 Å². The Morgan fingerprint density at radius 2 is 1.94 bits per heavy atom. The van der Waals surface area contributed by atoms with Crippen LogP contribution < -0.4 is 10.3 Å². The van der Waals surface area contributed by atoms with Gasteiger partial charge in [0.2, 0.25) is 0 Å². The zero-order valence-corrected chi connectivity index (χ0v) is 18.9. The Morgan fingerprint density at radius 3 is 2.61 bits per heavy atom. The summed E-state index contributed by atoms with van der Waals surface area (Å²) in [5.74, 6) is 1.63. The first-order valence-corrected chi connectivity index (χ1v) is 11.0. The maximum atomic E-state index is 13.1. The Morgan fingerprint density at radius 1 is 1.19 bits per heavy atom. The summed E-state index contributed by atoms with van der Waals surface area (Å²) in [6.07, 6.45) is 1.76. The van der Waals surface area contributed by atoms with Crippen LogP contribution in [0.1, 0.15) is 49.8 Å². The summed E-state index contributed by atoms with van der Waals surface area (Å²) >= 11 is 6.04. The van der Waals surface area contributed by atoms with Crippen molar-refractivity contribution < 1.29 is 9.53 Å². The van der Waals surface area contributed by atoms with Crippen molar-refractivity contribution in [2.24, 2.45) is 5.92 Å². The smallest absolute Gasteiger partial charge is 0.258 e. The largest absolute Gasteiger partial charge is 0.494 e. The van der Waals surface area contributed by atoms with E-state index in [-0.39, 0.29) is 18.0 Å². The molecule has 1 aromatic heterocycles. The van der Waals surface area contributed by atoms with Crippen molar-refractivity contribution in [3.63, 3.8) is 0 Å². The van der Waals surface area contributed by atoms with E-state index >= 15 is 0 Å². The van der Waals surface area contributed by atoms with Crippen LogP contribution >= 0.6 is 11.6 Å². The number of nitrogens with zero attached hydrogens (tertiary/aromatic N) is 2. The Bertz CT molecular complexity index is 1090. The van der Waals surface area contributed by atoms with Crippen molar-refractivity contribution in [3.05, 3.63) is 69.2 Å². The van der Waals surface area contributed by atoms with Crippen LogP contribution in [0.3, 0.4) is 0 Å². The van der Waals surface area contributed by atoms with Gasteiger partial charge in [0.05, 0.1) is 24.1 Å². The van der Waals surface area contributed by atoms with E-state index in [9.17, 15) is 9.59 Å². The van der Waals surface area contributed by atoms with E-state index in [0.29, 0.717) is 46.4 Å². The van der Waals surface area contributed by atoms with Crippen LogP contribution in [0.5, 0.6) is 5.75 Å². The van der Waals surface area contributed by atoms with Gasteiger partial charge in [0.1, 0.15) is 11.6 Å². The van der Waals surface area contributed by atoms with E-state index in [1.54, 1.807) is 35.2 Å². The molecule has 0 fully saturated rings. The molecule has 0 aliphatic rings.